The molecule has 2 N–H and O–H groups in total. The molecule has 2 aliphatic rings. The molecule has 0 aliphatic carbocycles. The Labute approximate surface area is 199 Å². The van der Waals surface area contributed by atoms with E-state index in [4.69, 9.17) is 4.74 Å². The van der Waals surface area contributed by atoms with Gasteiger partial charge in [0.15, 0.2) is 0 Å². The number of hydrogen-bond donors (Lipinski definition) is 2. The third kappa shape index (κ3) is 4.54. The predicted octanol–water partition coefficient (Wildman–Crippen LogP) is 4.92. The minimum absolute atomic E-state index is 0.0227. The van der Waals surface area contributed by atoms with Gasteiger partial charge in [-0.05, 0) is 55.7 Å². The third-order valence-corrected chi connectivity index (χ3v) is 6.58. The van der Waals surface area contributed by atoms with Crippen molar-refractivity contribution in [1.82, 2.24) is 10.2 Å². The lowest BCUT2D eigenvalue weighted by molar-refractivity contribution is 0.0489. The van der Waals surface area contributed by atoms with Gasteiger partial charge in [-0.1, -0.05) is 48.5 Å². The van der Waals surface area contributed by atoms with Crippen LogP contribution in [0.15, 0.2) is 78.9 Å². The van der Waals surface area contributed by atoms with Crippen LogP contribution in [-0.4, -0.2) is 36.0 Å². The molecule has 2 aliphatic heterocycles. The summed E-state index contributed by atoms with van der Waals surface area (Å²) >= 11 is 0. The zero-order valence-electron chi connectivity index (χ0n) is 19.2. The smallest absolute Gasteiger partial charge is 0.256 e. The highest BCUT2D eigenvalue weighted by molar-refractivity contribution is 5.99. The minimum Gasteiger partial charge on any atom is -0.376 e. The number of benzene rings is 3. The molecule has 1 saturated heterocycles. The zero-order valence-corrected chi connectivity index (χ0v) is 19.2. The molecular weight excluding hydrogens is 426 g/mol. The molecule has 0 spiro atoms. The Morgan fingerprint density at radius 2 is 1.76 bits per heavy atom. The maximum atomic E-state index is 13.1. The lowest BCUT2D eigenvalue weighted by atomic mass is 10.1. The lowest BCUT2D eigenvalue weighted by Crippen LogP contribution is -2.38. The Balaban J connectivity index is 1.30. The van der Waals surface area contributed by atoms with Crippen LogP contribution in [0.3, 0.4) is 0 Å². The molecule has 0 bridgehead atoms. The molecule has 2 amide bonds. The van der Waals surface area contributed by atoms with Crippen molar-refractivity contribution in [1.29, 1.82) is 0 Å². The Morgan fingerprint density at radius 1 is 1.03 bits per heavy atom. The molecule has 3 aromatic carbocycles. The van der Waals surface area contributed by atoms with E-state index in [1.807, 2.05) is 90.7 Å². The maximum Gasteiger partial charge on any atom is 0.256 e. The molecule has 34 heavy (non-hydrogen) atoms. The molecule has 0 aromatic heterocycles. The van der Waals surface area contributed by atoms with Gasteiger partial charge in [0, 0.05) is 35.5 Å². The normalized spacial score (nSPS) is 20.1. The van der Waals surface area contributed by atoms with Crippen LogP contribution in [0.4, 0.5) is 5.69 Å². The lowest BCUT2D eigenvalue weighted by Gasteiger charge is -2.29. The summed E-state index contributed by atoms with van der Waals surface area (Å²) in [5, 5.41) is 6.55. The number of ether oxygens (including phenoxy) is 1. The number of carbonyl (C=O) groups is 2. The fraction of sp³-hybridized carbons (Fsp3) is 0.286. The van der Waals surface area contributed by atoms with Crippen LogP contribution in [0, 0.1) is 0 Å². The number of anilines is 1. The summed E-state index contributed by atoms with van der Waals surface area (Å²) < 4.78 is 5.80. The summed E-state index contributed by atoms with van der Waals surface area (Å²) in [6.45, 7) is 3.29. The number of carbonyl (C=O) groups excluding carboxylic acids is 2. The van der Waals surface area contributed by atoms with E-state index >= 15 is 0 Å². The van der Waals surface area contributed by atoms with E-state index in [0.29, 0.717) is 12.1 Å². The first kappa shape index (κ1) is 22.2. The van der Waals surface area contributed by atoms with Gasteiger partial charge in [0.25, 0.3) is 11.8 Å². The fourth-order valence-corrected chi connectivity index (χ4v) is 4.70. The first-order valence-corrected chi connectivity index (χ1v) is 11.8. The number of hydrogen-bond acceptors (Lipinski definition) is 4. The third-order valence-electron chi connectivity index (χ3n) is 6.58. The topological polar surface area (TPSA) is 70.7 Å². The number of nitrogens with one attached hydrogen (secondary N) is 2. The zero-order chi connectivity index (χ0) is 23.5. The summed E-state index contributed by atoms with van der Waals surface area (Å²) in [5.74, 6) is -0.0983. The van der Waals surface area contributed by atoms with Crippen molar-refractivity contribution >= 4 is 17.5 Å². The summed E-state index contributed by atoms with van der Waals surface area (Å²) in [6.07, 6.45) is 1.80. The van der Waals surface area contributed by atoms with Crippen LogP contribution in [0.1, 0.15) is 63.8 Å². The first-order chi connectivity index (χ1) is 16.6. The summed E-state index contributed by atoms with van der Waals surface area (Å²) in [5.41, 5.74) is 4.19. The maximum absolute atomic E-state index is 13.1. The van der Waals surface area contributed by atoms with E-state index in [2.05, 4.69) is 10.6 Å². The Bertz CT molecular complexity index is 1160. The van der Waals surface area contributed by atoms with Gasteiger partial charge >= 0.3 is 0 Å². The van der Waals surface area contributed by atoms with Crippen LogP contribution in [0.5, 0.6) is 0 Å². The van der Waals surface area contributed by atoms with E-state index in [1.165, 1.54) is 0 Å². The number of rotatable bonds is 7. The first-order valence-electron chi connectivity index (χ1n) is 11.8. The van der Waals surface area contributed by atoms with E-state index in [-0.39, 0.29) is 30.1 Å². The van der Waals surface area contributed by atoms with Crippen LogP contribution in [0.2, 0.25) is 0 Å². The van der Waals surface area contributed by atoms with Crippen molar-refractivity contribution in [2.45, 2.75) is 38.1 Å². The Morgan fingerprint density at radius 3 is 2.50 bits per heavy atom. The van der Waals surface area contributed by atoms with Crippen molar-refractivity contribution in [2.24, 2.45) is 0 Å². The highest BCUT2D eigenvalue weighted by atomic mass is 16.5. The van der Waals surface area contributed by atoms with Gasteiger partial charge in [-0.15, -0.1) is 0 Å². The van der Waals surface area contributed by atoms with Crippen molar-refractivity contribution in [3.8, 4) is 0 Å². The standard InChI is InChI=1S/C28H29N3O3/c1-19(20-8-3-2-4-9-20)29-27(32)21-13-15-22(16-14-21)30-26-24-11-5-6-12-25(24)28(33)31(26)18-23-10-7-17-34-23/h2-6,8-9,11-16,19,23,26,30H,7,10,17-18H2,1H3,(H,29,32). The van der Waals surface area contributed by atoms with E-state index in [0.717, 1.165) is 41.8 Å². The molecule has 1 fully saturated rings. The molecule has 3 aromatic rings. The SMILES string of the molecule is CC(NC(=O)c1ccc(NC2c3ccccc3C(=O)N2CC2CCCO2)cc1)c1ccccc1. The number of nitrogens with zero attached hydrogens (tertiary/aromatic N) is 1. The highest BCUT2D eigenvalue weighted by Crippen LogP contribution is 2.35. The summed E-state index contributed by atoms with van der Waals surface area (Å²) in [7, 11) is 0. The average Bonchev–Trinajstić information content (AvgIpc) is 3.48. The molecule has 0 saturated carbocycles. The second-order valence-electron chi connectivity index (χ2n) is 8.91. The van der Waals surface area contributed by atoms with Crippen LogP contribution >= 0.6 is 0 Å². The van der Waals surface area contributed by atoms with Gasteiger partial charge in [0.1, 0.15) is 6.17 Å². The van der Waals surface area contributed by atoms with Crippen molar-refractivity contribution < 1.29 is 14.3 Å². The number of amides is 2. The van der Waals surface area contributed by atoms with Gasteiger partial charge < -0.3 is 20.3 Å². The Hall–Kier alpha value is -3.64. The number of fused-ring (bicyclic) bond motifs is 1. The van der Waals surface area contributed by atoms with Crippen molar-refractivity contribution in [3.05, 3.63) is 101 Å². The van der Waals surface area contributed by atoms with Gasteiger partial charge in [-0.2, -0.15) is 0 Å². The Kier molecular flexibility index (Phi) is 6.32. The molecule has 2 heterocycles. The van der Waals surface area contributed by atoms with E-state index < -0.39 is 0 Å². The van der Waals surface area contributed by atoms with Crippen LogP contribution in [-0.2, 0) is 4.74 Å². The van der Waals surface area contributed by atoms with Gasteiger partial charge in [-0.3, -0.25) is 9.59 Å². The highest BCUT2D eigenvalue weighted by Gasteiger charge is 2.38. The second kappa shape index (κ2) is 9.69. The molecule has 0 radical (unpaired) electrons. The molecule has 6 nitrogen and oxygen atoms in total. The quantitative estimate of drug-likeness (QED) is 0.530. The minimum atomic E-state index is -0.273. The summed E-state index contributed by atoms with van der Waals surface area (Å²) in [6, 6.07) is 24.9. The molecular formula is C28H29N3O3. The molecule has 3 atom stereocenters. The van der Waals surface area contributed by atoms with Crippen LogP contribution < -0.4 is 10.6 Å². The second-order valence-corrected chi connectivity index (χ2v) is 8.91. The molecule has 174 valence electrons. The monoisotopic (exact) mass is 455 g/mol. The predicted molar refractivity (Wildman–Crippen MR) is 132 cm³/mol. The van der Waals surface area contributed by atoms with Gasteiger partial charge in [0.05, 0.1) is 12.1 Å². The molecule has 6 heteroatoms. The van der Waals surface area contributed by atoms with Crippen molar-refractivity contribution in [2.75, 3.05) is 18.5 Å². The molecule has 5 rings (SSSR count). The van der Waals surface area contributed by atoms with E-state index in [9.17, 15) is 9.59 Å². The average molecular weight is 456 g/mol. The van der Waals surface area contributed by atoms with Crippen molar-refractivity contribution in [3.63, 3.8) is 0 Å². The van der Waals surface area contributed by atoms with Crippen LogP contribution in [0.25, 0.3) is 0 Å². The van der Waals surface area contributed by atoms with E-state index in [1.54, 1.807) is 0 Å². The molecule has 3 unspecified atom stereocenters. The fourth-order valence-electron chi connectivity index (χ4n) is 4.70. The van der Waals surface area contributed by atoms with Gasteiger partial charge in [-0.25, -0.2) is 0 Å². The summed E-state index contributed by atoms with van der Waals surface area (Å²) in [4.78, 5) is 27.7. The van der Waals surface area contributed by atoms with Gasteiger partial charge in [0.2, 0.25) is 0 Å². The largest absolute Gasteiger partial charge is 0.376 e.